The van der Waals surface area contributed by atoms with Gasteiger partial charge in [-0.3, -0.25) is 14.9 Å². The minimum atomic E-state index is -0.768. The first-order chi connectivity index (χ1) is 18.3. The van der Waals surface area contributed by atoms with Crippen LogP contribution >= 0.6 is 27.3 Å². The molecule has 2 heterocycles. The van der Waals surface area contributed by atoms with Gasteiger partial charge in [0.1, 0.15) is 5.69 Å². The molecule has 38 heavy (non-hydrogen) atoms. The maximum absolute atomic E-state index is 13.3. The Morgan fingerprint density at radius 1 is 0.974 bits per heavy atom. The minimum Gasteiger partial charge on any atom is -0.451 e. The summed E-state index contributed by atoms with van der Waals surface area (Å²) in [6.07, 6.45) is 0. The van der Waals surface area contributed by atoms with Gasteiger partial charge in [0.25, 0.3) is 11.5 Å². The van der Waals surface area contributed by atoms with Gasteiger partial charge in [0.2, 0.25) is 0 Å². The number of ether oxygens (including phenoxy) is 1. The lowest BCUT2D eigenvalue weighted by atomic mass is 9.96. The average molecular weight is 588 g/mol. The number of fused-ring (bicyclic) bond motifs is 1. The molecule has 190 valence electrons. The van der Waals surface area contributed by atoms with Crippen molar-refractivity contribution in [2.45, 2.75) is 6.92 Å². The molecular weight excluding hydrogens is 566 g/mol. The third kappa shape index (κ3) is 5.16. The number of carbonyl (C=O) groups excluding carboxylic acids is 2. The van der Waals surface area contributed by atoms with Crippen LogP contribution in [-0.2, 0) is 16.6 Å². The number of amides is 1. The number of hydrogen-bond donors (Lipinski definition) is 1. The number of esters is 1. The fourth-order valence-electron chi connectivity index (χ4n) is 4.16. The van der Waals surface area contributed by atoms with Crippen molar-refractivity contribution < 1.29 is 14.3 Å². The molecule has 2 aromatic heterocycles. The van der Waals surface area contributed by atoms with Crippen molar-refractivity contribution in [2.75, 3.05) is 11.9 Å². The van der Waals surface area contributed by atoms with Gasteiger partial charge < -0.3 is 9.30 Å². The lowest BCUT2D eigenvalue weighted by molar-refractivity contribution is -0.119. The van der Waals surface area contributed by atoms with E-state index in [0.29, 0.717) is 21.5 Å². The predicted molar refractivity (Wildman–Crippen MR) is 154 cm³/mol. The van der Waals surface area contributed by atoms with Gasteiger partial charge >= 0.3 is 5.97 Å². The van der Waals surface area contributed by atoms with Crippen molar-refractivity contribution in [2.24, 2.45) is 7.05 Å². The van der Waals surface area contributed by atoms with Gasteiger partial charge in [0.05, 0.1) is 5.69 Å². The number of nitrogens with zero attached hydrogens (tertiary/aromatic N) is 2. The van der Waals surface area contributed by atoms with Crippen molar-refractivity contribution in [3.8, 4) is 22.4 Å². The number of halogens is 1. The van der Waals surface area contributed by atoms with Crippen LogP contribution in [0.4, 0.5) is 5.13 Å². The number of carbonyl (C=O) groups is 2. The molecule has 0 bridgehead atoms. The summed E-state index contributed by atoms with van der Waals surface area (Å²) in [5, 5.41) is 6.03. The third-order valence-corrected chi connectivity index (χ3v) is 7.35. The number of benzene rings is 3. The lowest BCUT2D eigenvalue weighted by Gasteiger charge is -2.17. The van der Waals surface area contributed by atoms with E-state index in [1.165, 1.54) is 23.0 Å². The van der Waals surface area contributed by atoms with Gasteiger partial charge in [-0.1, -0.05) is 76.1 Å². The fourth-order valence-corrected chi connectivity index (χ4v) is 5.16. The number of pyridine rings is 1. The van der Waals surface area contributed by atoms with Crippen LogP contribution in [0.5, 0.6) is 0 Å². The van der Waals surface area contributed by atoms with Crippen molar-refractivity contribution in [1.29, 1.82) is 0 Å². The molecule has 0 atom stereocenters. The summed E-state index contributed by atoms with van der Waals surface area (Å²) in [6.45, 7) is 1.45. The SMILES string of the molecule is Cc1ccc(-c2c(C(=O)OCC(=O)Nc3nc(-c4ccc(Br)cc4)cs3)n(C)c(=O)c3ccccc23)cc1. The highest BCUT2D eigenvalue weighted by molar-refractivity contribution is 9.10. The molecule has 9 heteroatoms. The Labute approximate surface area is 230 Å². The molecule has 0 spiro atoms. The van der Waals surface area contributed by atoms with Crippen molar-refractivity contribution in [1.82, 2.24) is 9.55 Å². The normalized spacial score (nSPS) is 10.9. The van der Waals surface area contributed by atoms with Gasteiger partial charge in [-0.2, -0.15) is 0 Å². The molecule has 3 aromatic carbocycles. The Morgan fingerprint density at radius 2 is 1.63 bits per heavy atom. The van der Waals surface area contributed by atoms with E-state index in [2.05, 4.69) is 26.2 Å². The quantitative estimate of drug-likeness (QED) is 0.239. The molecule has 0 saturated heterocycles. The van der Waals surface area contributed by atoms with Crippen LogP contribution in [0.3, 0.4) is 0 Å². The lowest BCUT2D eigenvalue weighted by Crippen LogP contribution is -2.28. The van der Waals surface area contributed by atoms with Gasteiger partial charge in [-0.15, -0.1) is 11.3 Å². The number of aryl methyl sites for hydroxylation is 1. The Balaban J connectivity index is 1.39. The zero-order valence-corrected chi connectivity index (χ0v) is 22.9. The first-order valence-electron chi connectivity index (χ1n) is 11.7. The van der Waals surface area contributed by atoms with E-state index in [1.54, 1.807) is 18.2 Å². The molecular formula is C29H22BrN3O4S. The topological polar surface area (TPSA) is 90.3 Å². The van der Waals surface area contributed by atoms with E-state index >= 15 is 0 Å². The van der Waals surface area contributed by atoms with Crippen LogP contribution in [0.25, 0.3) is 33.2 Å². The Bertz CT molecular complexity index is 1720. The van der Waals surface area contributed by atoms with Crippen LogP contribution < -0.4 is 10.9 Å². The number of anilines is 1. The molecule has 0 aliphatic rings. The van der Waals surface area contributed by atoms with E-state index in [4.69, 9.17) is 4.74 Å². The second-order valence-electron chi connectivity index (χ2n) is 8.67. The summed E-state index contributed by atoms with van der Waals surface area (Å²) in [4.78, 5) is 43.4. The van der Waals surface area contributed by atoms with Gasteiger partial charge in [-0.05, 0) is 36.1 Å². The summed E-state index contributed by atoms with van der Waals surface area (Å²) < 4.78 is 7.64. The summed E-state index contributed by atoms with van der Waals surface area (Å²) >= 11 is 4.68. The monoisotopic (exact) mass is 587 g/mol. The molecule has 5 aromatic rings. The number of thiazole rings is 1. The summed E-state index contributed by atoms with van der Waals surface area (Å²) in [5.74, 6) is -1.30. The maximum Gasteiger partial charge on any atom is 0.356 e. The predicted octanol–water partition coefficient (Wildman–Crippen LogP) is 6.20. The molecule has 0 fully saturated rings. The summed E-state index contributed by atoms with van der Waals surface area (Å²) in [6, 6.07) is 22.5. The van der Waals surface area contributed by atoms with Crippen LogP contribution in [0.1, 0.15) is 16.1 Å². The molecule has 7 nitrogen and oxygen atoms in total. The number of nitrogens with one attached hydrogen (secondary N) is 1. The largest absolute Gasteiger partial charge is 0.451 e. The van der Waals surface area contributed by atoms with Crippen LogP contribution in [0.2, 0.25) is 0 Å². The van der Waals surface area contributed by atoms with Gasteiger partial charge in [0.15, 0.2) is 11.7 Å². The summed E-state index contributed by atoms with van der Waals surface area (Å²) in [7, 11) is 1.53. The molecule has 0 saturated carbocycles. The van der Waals surface area contributed by atoms with E-state index in [9.17, 15) is 14.4 Å². The van der Waals surface area contributed by atoms with Crippen molar-refractivity contribution in [3.05, 3.63) is 104 Å². The third-order valence-electron chi connectivity index (χ3n) is 6.06. The number of rotatable bonds is 6. The first-order valence-corrected chi connectivity index (χ1v) is 13.4. The zero-order chi connectivity index (χ0) is 26.8. The average Bonchev–Trinajstić information content (AvgIpc) is 3.38. The Hall–Kier alpha value is -4.08. The highest BCUT2D eigenvalue weighted by Gasteiger charge is 2.23. The minimum absolute atomic E-state index is 0.0807. The van der Waals surface area contributed by atoms with Gasteiger partial charge in [-0.25, -0.2) is 9.78 Å². The zero-order valence-electron chi connectivity index (χ0n) is 20.5. The first kappa shape index (κ1) is 25.6. The van der Waals surface area contributed by atoms with Crippen LogP contribution in [0.15, 0.2) is 87.4 Å². The highest BCUT2D eigenvalue weighted by Crippen LogP contribution is 2.31. The van der Waals surface area contributed by atoms with Crippen molar-refractivity contribution in [3.63, 3.8) is 0 Å². The van der Waals surface area contributed by atoms with Gasteiger partial charge in [0, 0.05) is 33.4 Å². The van der Waals surface area contributed by atoms with Crippen LogP contribution in [0, 0.1) is 6.92 Å². The molecule has 1 N–H and O–H groups in total. The molecule has 0 unspecified atom stereocenters. The molecule has 0 aliphatic heterocycles. The Kier molecular flexibility index (Phi) is 7.22. The smallest absolute Gasteiger partial charge is 0.356 e. The standard InChI is InChI=1S/C29H22BrN3O4S/c1-17-7-9-19(10-8-17)25-21-5-3-4-6-22(21)27(35)33(2)26(25)28(36)37-15-24(34)32-29-31-23(16-38-29)18-11-13-20(30)14-12-18/h3-14,16H,15H2,1-2H3,(H,31,32,34). The van der Waals surface area contributed by atoms with Crippen LogP contribution in [-0.4, -0.2) is 28.0 Å². The Morgan fingerprint density at radius 3 is 2.34 bits per heavy atom. The maximum atomic E-state index is 13.3. The van der Waals surface area contributed by atoms with E-state index in [0.717, 1.165) is 26.9 Å². The molecule has 1 amide bonds. The van der Waals surface area contributed by atoms with E-state index in [-0.39, 0.29) is 11.3 Å². The van der Waals surface area contributed by atoms with E-state index in [1.807, 2.05) is 66.9 Å². The summed E-state index contributed by atoms with van der Waals surface area (Å²) in [5.41, 5.74) is 3.80. The molecule has 0 aliphatic carbocycles. The molecule has 5 rings (SSSR count). The van der Waals surface area contributed by atoms with E-state index < -0.39 is 18.5 Å². The number of aromatic nitrogens is 2. The second-order valence-corrected chi connectivity index (χ2v) is 10.4. The highest BCUT2D eigenvalue weighted by atomic mass is 79.9. The fraction of sp³-hybridized carbons (Fsp3) is 0.103. The van der Waals surface area contributed by atoms with Crippen molar-refractivity contribution >= 4 is 55.0 Å². The second kappa shape index (κ2) is 10.7. The number of hydrogen-bond acceptors (Lipinski definition) is 6. The molecule has 0 radical (unpaired) electrons.